The molecule has 7 heteroatoms. The van der Waals surface area contributed by atoms with Gasteiger partial charge in [0.15, 0.2) is 5.78 Å². The van der Waals surface area contributed by atoms with Gasteiger partial charge >= 0.3 is 0 Å². The molecule has 0 fully saturated rings. The van der Waals surface area contributed by atoms with E-state index in [2.05, 4.69) is 4.18 Å². The van der Waals surface area contributed by atoms with E-state index < -0.39 is 16.7 Å². The molecule has 0 spiro atoms. The van der Waals surface area contributed by atoms with Gasteiger partial charge in [0.2, 0.25) is 0 Å². The van der Waals surface area contributed by atoms with Gasteiger partial charge in [-0.25, -0.2) is 0 Å². The predicted octanol–water partition coefficient (Wildman–Crippen LogP) is 3.07. The molecule has 1 aromatic carbocycles. The van der Waals surface area contributed by atoms with E-state index in [9.17, 15) is 13.2 Å². The molecule has 4 nitrogen and oxygen atoms in total. The Kier molecular flexibility index (Phi) is 5.59. The molecule has 0 bridgehead atoms. The third-order valence-electron chi connectivity index (χ3n) is 2.07. The molecule has 0 aromatic heterocycles. The van der Waals surface area contributed by atoms with E-state index in [4.69, 9.17) is 23.2 Å². The van der Waals surface area contributed by atoms with Crippen LogP contribution in [-0.4, -0.2) is 20.8 Å². The highest BCUT2D eigenvalue weighted by Gasteiger charge is 2.20. The largest absolute Gasteiger partial charge is 0.298 e. The van der Waals surface area contributed by atoms with Crippen molar-refractivity contribution in [1.82, 2.24) is 0 Å². The fourth-order valence-electron chi connectivity index (χ4n) is 1.23. The van der Waals surface area contributed by atoms with Crippen molar-refractivity contribution >= 4 is 39.1 Å². The average Bonchev–Trinajstić information content (AvgIpc) is 2.30. The van der Waals surface area contributed by atoms with Gasteiger partial charge in [-0.05, 0) is 24.6 Å². The lowest BCUT2D eigenvalue weighted by molar-refractivity contribution is -0.121. The van der Waals surface area contributed by atoms with Gasteiger partial charge in [0.1, 0.15) is 11.5 Å². The number of ketones is 1. The summed E-state index contributed by atoms with van der Waals surface area (Å²) in [5.74, 6) is -0.278. The first kappa shape index (κ1) is 15.4. The molecule has 0 amide bonds. The predicted molar refractivity (Wildman–Crippen MR) is 69.5 cm³/mol. The number of hydrogen-bond donors (Lipinski definition) is 0. The van der Waals surface area contributed by atoms with Crippen LogP contribution in [0, 0.1) is 0 Å². The molecule has 0 radical (unpaired) electrons. The van der Waals surface area contributed by atoms with Crippen LogP contribution in [0.2, 0.25) is 10.0 Å². The van der Waals surface area contributed by atoms with Crippen LogP contribution in [0.1, 0.15) is 19.8 Å². The van der Waals surface area contributed by atoms with Crippen LogP contribution in [0.15, 0.2) is 23.1 Å². The van der Waals surface area contributed by atoms with Gasteiger partial charge in [-0.15, -0.1) is 0 Å². The Hall–Kier alpha value is -0.620. The van der Waals surface area contributed by atoms with Crippen LogP contribution in [0.3, 0.4) is 0 Å². The molecular formula is C11H12Cl2O4S. The average molecular weight is 311 g/mol. The minimum Gasteiger partial charge on any atom is -0.297 e. The van der Waals surface area contributed by atoms with Crippen LogP contribution in [0.25, 0.3) is 0 Å². The van der Waals surface area contributed by atoms with Crippen LogP contribution < -0.4 is 0 Å². The molecule has 100 valence electrons. The Morgan fingerprint density at radius 3 is 2.61 bits per heavy atom. The van der Waals surface area contributed by atoms with Crippen molar-refractivity contribution in [1.29, 1.82) is 0 Å². The summed E-state index contributed by atoms with van der Waals surface area (Å²) in [6, 6.07) is 4.00. The molecule has 1 aromatic rings. The third-order valence-corrected chi connectivity index (χ3v) is 4.05. The summed E-state index contributed by atoms with van der Waals surface area (Å²) in [4.78, 5) is 11.0. The number of halogens is 2. The van der Waals surface area contributed by atoms with E-state index in [-0.39, 0.29) is 27.1 Å². The van der Waals surface area contributed by atoms with Gasteiger partial charge in [0.05, 0.1) is 5.02 Å². The fraction of sp³-hybridized carbons (Fsp3) is 0.364. The van der Waals surface area contributed by atoms with Crippen molar-refractivity contribution in [2.45, 2.75) is 24.7 Å². The van der Waals surface area contributed by atoms with E-state index in [1.165, 1.54) is 18.2 Å². The summed E-state index contributed by atoms with van der Waals surface area (Å²) in [6.07, 6.45) is 0.916. The van der Waals surface area contributed by atoms with Crippen molar-refractivity contribution in [2.24, 2.45) is 0 Å². The second-order valence-electron chi connectivity index (χ2n) is 3.58. The molecule has 0 unspecified atom stereocenters. The zero-order chi connectivity index (χ0) is 13.8. The Labute approximate surface area is 116 Å². The standard InChI is InChI=1S/C11H12Cl2O4S/c1-2-3-9(14)7-17-18(15,16)11-6-8(12)4-5-10(11)13/h4-6H,2-3,7H2,1H3. The summed E-state index contributed by atoms with van der Waals surface area (Å²) in [7, 11) is -4.06. The fourth-order valence-corrected chi connectivity index (χ4v) is 2.86. The van der Waals surface area contributed by atoms with Crippen molar-refractivity contribution in [2.75, 3.05) is 6.61 Å². The van der Waals surface area contributed by atoms with Crippen molar-refractivity contribution < 1.29 is 17.4 Å². The maximum atomic E-state index is 11.8. The number of carbonyl (C=O) groups is 1. The molecule has 0 aliphatic carbocycles. The summed E-state index contributed by atoms with van der Waals surface area (Å²) >= 11 is 11.4. The Bertz CT molecular complexity index is 540. The molecule has 0 heterocycles. The van der Waals surface area contributed by atoms with Gasteiger partial charge in [0, 0.05) is 11.4 Å². The van der Waals surface area contributed by atoms with Crippen molar-refractivity contribution in [3.8, 4) is 0 Å². The van der Waals surface area contributed by atoms with Crippen molar-refractivity contribution in [3.05, 3.63) is 28.2 Å². The minimum atomic E-state index is -4.06. The van der Waals surface area contributed by atoms with Crippen LogP contribution in [-0.2, 0) is 19.1 Å². The highest BCUT2D eigenvalue weighted by Crippen LogP contribution is 2.26. The topological polar surface area (TPSA) is 60.4 Å². The van der Waals surface area contributed by atoms with E-state index in [0.717, 1.165) is 0 Å². The zero-order valence-electron chi connectivity index (χ0n) is 9.65. The van der Waals surface area contributed by atoms with Gasteiger partial charge in [-0.1, -0.05) is 30.1 Å². The molecule has 0 saturated heterocycles. The van der Waals surface area contributed by atoms with Crippen LogP contribution in [0.5, 0.6) is 0 Å². The second-order valence-corrected chi connectivity index (χ2v) is 6.01. The molecule has 0 saturated carbocycles. The quantitative estimate of drug-likeness (QED) is 0.758. The molecule has 0 aliphatic rings. The van der Waals surface area contributed by atoms with Gasteiger partial charge in [-0.2, -0.15) is 8.42 Å². The monoisotopic (exact) mass is 310 g/mol. The third kappa shape index (κ3) is 4.24. The second kappa shape index (κ2) is 6.52. The lowest BCUT2D eigenvalue weighted by Crippen LogP contribution is -2.14. The van der Waals surface area contributed by atoms with E-state index in [1.54, 1.807) is 0 Å². The lowest BCUT2D eigenvalue weighted by atomic mass is 10.2. The molecule has 18 heavy (non-hydrogen) atoms. The number of carbonyl (C=O) groups excluding carboxylic acids is 1. The van der Waals surface area contributed by atoms with Crippen LogP contribution >= 0.6 is 23.2 Å². The summed E-state index contributed by atoms with van der Waals surface area (Å²) in [5.41, 5.74) is 0. The van der Waals surface area contributed by atoms with E-state index in [0.29, 0.717) is 6.42 Å². The number of Topliss-reactive ketones (excluding diaryl/α,β-unsaturated/α-hetero) is 1. The zero-order valence-corrected chi connectivity index (χ0v) is 12.0. The Morgan fingerprint density at radius 1 is 1.33 bits per heavy atom. The SMILES string of the molecule is CCCC(=O)COS(=O)(=O)c1cc(Cl)ccc1Cl. The highest BCUT2D eigenvalue weighted by atomic mass is 35.5. The first-order valence-corrected chi connectivity index (χ1v) is 7.39. The van der Waals surface area contributed by atoms with Gasteiger partial charge < -0.3 is 0 Å². The first-order valence-electron chi connectivity index (χ1n) is 5.23. The minimum absolute atomic E-state index is 0.00217. The molecular weight excluding hydrogens is 299 g/mol. The normalized spacial score (nSPS) is 11.5. The number of hydrogen-bond acceptors (Lipinski definition) is 4. The Morgan fingerprint density at radius 2 is 2.00 bits per heavy atom. The summed E-state index contributed by atoms with van der Waals surface area (Å²) < 4.78 is 28.2. The smallest absolute Gasteiger partial charge is 0.297 e. The maximum absolute atomic E-state index is 11.8. The van der Waals surface area contributed by atoms with E-state index in [1.807, 2.05) is 6.92 Å². The number of benzene rings is 1. The Balaban J connectivity index is 2.87. The molecule has 1 rings (SSSR count). The summed E-state index contributed by atoms with van der Waals surface area (Å²) in [6.45, 7) is 1.33. The number of rotatable bonds is 6. The maximum Gasteiger partial charge on any atom is 0.298 e. The van der Waals surface area contributed by atoms with Gasteiger partial charge in [-0.3, -0.25) is 8.98 Å². The van der Waals surface area contributed by atoms with Crippen LogP contribution in [0.4, 0.5) is 0 Å². The first-order chi connectivity index (χ1) is 8.36. The molecule has 0 aliphatic heterocycles. The van der Waals surface area contributed by atoms with Crippen molar-refractivity contribution in [3.63, 3.8) is 0 Å². The highest BCUT2D eigenvalue weighted by molar-refractivity contribution is 7.87. The molecule has 0 N–H and O–H groups in total. The molecule has 0 atom stereocenters. The van der Waals surface area contributed by atoms with Gasteiger partial charge in [0.25, 0.3) is 10.1 Å². The van der Waals surface area contributed by atoms with E-state index >= 15 is 0 Å². The summed E-state index contributed by atoms with van der Waals surface area (Å²) in [5, 5.41) is 0.226. The lowest BCUT2D eigenvalue weighted by Gasteiger charge is -2.07.